The molecule has 1 fully saturated rings. The van der Waals surface area contributed by atoms with Crippen molar-refractivity contribution in [2.75, 3.05) is 44.9 Å². The van der Waals surface area contributed by atoms with E-state index in [1.165, 1.54) is 64.9 Å². The van der Waals surface area contributed by atoms with Crippen LogP contribution in [0.4, 0.5) is 15.8 Å². The molecule has 2 amide bonds. The molecule has 0 radical (unpaired) electrons. The van der Waals surface area contributed by atoms with Crippen molar-refractivity contribution in [1.82, 2.24) is 24.1 Å². The standard InChI is InChI=1S/C39H42FN6O8P.2Na/c1-25-32(39(48)46(30-21-41-42(2)23-30)28-9-11-31(12-10-28)54-55(49,50)51)19-36(43(25)3)33-18-35(40)37(52-4)20-34(33)38(47)45-22-27-8-6-5-7-26(27)17-29(45)24-44-13-15-53-16-14-44;;/h5-12,18-21,23,29H,13-17,22,24H2,1-4H3,(H2,49,50,51);;/q;2*+1/p-2/t29-;;/m0../s1. The van der Waals surface area contributed by atoms with Gasteiger partial charge in [0.25, 0.3) is 11.8 Å². The monoisotopic (exact) mass is 816 g/mol. The van der Waals surface area contributed by atoms with Crippen molar-refractivity contribution in [1.29, 1.82) is 0 Å². The summed E-state index contributed by atoms with van der Waals surface area (Å²) in [6.45, 7) is 5.50. The first kappa shape index (κ1) is 44.8. The van der Waals surface area contributed by atoms with Gasteiger partial charge in [0.1, 0.15) is 13.6 Å². The predicted molar refractivity (Wildman–Crippen MR) is 198 cm³/mol. The van der Waals surface area contributed by atoms with E-state index in [2.05, 4.69) is 20.6 Å². The molecular formula is C39H40FN6Na2O8P. The van der Waals surface area contributed by atoms with Gasteiger partial charge >= 0.3 is 59.1 Å². The van der Waals surface area contributed by atoms with Crippen LogP contribution in [0.2, 0.25) is 0 Å². The largest absolute Gasteiger partial charge is 1.00 e. The Morgan fingerprint density at radius 1 is 0.982 bits per heavy atom. The maximum Gasteiger partial charge on any atom is 1.00 e. The smallest absolute Gasteiger partial charge is 0.780 e. The van der Waals surface area contributed by atoms with E-state index in [1.54, 1.807) is 37.8 Å². The molecule has 4 heterocycles. The van der Waals surface area contributed by atoms with E-state index in [0.29, 0.717) is 55.5 Å². The van der Waals surface area contributed by atoms with Crippen molar-refractivity contribution < 1.29 is 101 Å². The molecule has 0 N–H and O–H groups in total. The number of phosphoric acid groups is 1. The summed E-state index contributed by atoms with van der Waals surface area (Å²) >= 11 is 0. The van der Waals surface area contributed by atoms with Gasteiger partial charge in [-0.15, -0.1) is 0 Å². The van der Waals surface area contributed by atoms with Crippen molar-refractivity contribution >= 4 is 31.0 Å². The normalized spacial score (nSPS) is 15.6. The molecule has 2 aliphatic rings. The number of benzene rings is 3. The first-order valence-corrected chi connectivity index (χ1v) is 19.1. The number of phosphoric ester groups is 1. The fraction of sp³-hybridized carbons (Fsp3) is 0.308. The van der Waals surface area contributed by atoms with Gasteiger partial charge in [0.05, 0.1) is 43.3 Å². The number of methoxy groups -OCH3 is 1. The van der Waals surface area contributed by atoms with Gasteiger partial charge in [-0.2, -0.15) is 5.10 Å². The molecule has 0 bridgehead atoms. The fourth-order valence-electron chi connectivity index (χ4n) is 7.31. The van der Waals surface area contributed by atoms with Crippen LogP contribution < -0.4 is 83.1 Å². The minimum absolute atomic E-state index is 0. The van der Waals surface area contributed by atoms with Gasteiger partial charge in [-0.1, -0.05) is 24.3 Å². The number of ether oxygens (including phenoxy) is 2. The number of fused-ring (bicyclic) bond motifs is 1. The number of morpholine rings is 1. The topological polar surface area (TPSA) is 157 Å². The summed E-state index contributed by atoms with van der Waals surface area (Å²) in [5.41, 5.74) is 4.64. The molecule has 3 aromatic carbocycles. The number of aromatic nitrogens is 3. The number of halogens is 1. The van der Waals surface area contributed by atoms with Crippen LogP contribution in [0.25, 0.3) is 11.3 Å². The van der Waals surface area contributed by atoms with E-state index < -0.39 is 19.5 Å². The first-order chi connectivity index (χ1) is 26.3. The van der Waals surface area contributed by atoms with Gasteiger partial charge in [-0.25, -0.2) is 4.39 Å². The van der Waals surface area contributed by atoms with Crippen LogP contribution in [0, 0.1) is 12.7 Å². The Hall–Kier alpha value is -3.31. The van der Waals surface area contributed by atoms with Crippen molar-refractivity contribution in [3.8, 4) is 22.8 Å². The molecule has 1 saturated heterocycles. The van der Waals surface area contributed by atoms with Crippen molar-refractivity contribution in [3.63, 3.8) is 0 Å². The molecule has 288 valence electrons. The van der Waals surface area contributed by atoms with Crippen molar-refractivity contribution in [3.05, 3.63) is 113 Å². The second kappa shape index (κ2) is 18.7. The van der Waals surface area contributed by atoms with Crippen molar-refractivity contribution in [2.24, 2.45) is 14.1 Å². The van der Waals surface area contributed by atoms with E-state index >= 15 is 4.39 Å². The van der Waals surface area contributed by atoms with Crippen LogP contribution in [0.5, 0.6) is 11.5 Å². The molecule has 5 aromatic rings. The molecule has 2 aromatic heterocycles. The van der Waals surface area contributed by atoms with Gasteiger partial charge in [-0.05, 0) is 66.9 Å². The van der Waals surface area contributed by atoms with Crippen molar-refractivity contribution in [2.45, 2.75) is 25.9 Å². The summed E-state index contributed by atoms with van der Waals surface area (Å²) in [4.78, 5) is 57.4. The zero-order chi connectivity index (χ0) is 39.0. The molecule has 0 aliphatic carbocycles. The minimum Gasteiger partial charge on any atom is -0.780 e. The molecule has 18 heteroatoms. The van der Waals surface area contributed by atoms with Crippen LogP contribution in [0.3, 0.4) is 0 Å². The average molecular weight is 817 g/mol. The zero-order valence-corrected chi connectivity index (χ0v) is 37.7. The van der Waals surface area contributed by atoms with E-state index in [4.69, 9.17) is 9.47 Å². The Morgan fingerprint density at radius 2 is 1.67 bits per heavy atom. The number of carbonyl (C=O) groups excluding carboxylic acids is 2. The Labute approximate surface area is 374 Å². The summed E-state index contributed by atoms with van der Waals surface area (Å²) in [7, 11) is -0.531. The van der Waals surface area contributed by atoms with E-state index in [9.17, 15) is 23.9 Å². The Morgan fingerprint density at radius 3 is 2.30 bits per heavy atom. The molecule has 7 rings (SSSR count). The molecule has 0 spiro atoms. The number of hydrogen-bond acceptors (Lipinski definition) is 10. The molecule has 14 nitrogen and oxygen atoms in total. The van der Waals surface area contributed by atoms with Gasteiger partial charge in [-0.3, -0.25) is 24.1 Å². The van der Waals surface area contributed by atoms with Crippen LogP contribution in [0.15, 0.2) is 79.1 Å². The van der Waals surface area contributed by atoms with Crippen LogP contribution in [-0.2, 0) is 36.4 Å². The second-order valence-corrected chi connectivity index (χ2v) is 14.7. The number of aryl methyl sites for hydroxylation is 1. The van der Waals surface area contributed by atoms with Crippen LogP contribution >= 0.6 is 7.82 Å². The third-order valence-corrected chi connectivity index (χ3v) is 10.7. The number of nitrogens with zero attached hydrogens (tertiary/aromatic N) is 6. The van der Waals surface area contributed by atoms with E-state index in [-0.39, 0.29) is 99.3 Å². The molecule has 0 unspecified atom stereocenters. The molecule has 0 saturated carbocycles. The van der Waals surface area contributed by atoms with Gasteiger partial charge < -0.3 is 37.8 Å². The average Bonchev–Trinajstić information content (AvgIpc) is 3.72. The number of amides is 2. The summed E-state index contributed by atoms with van der Waals surface area (Å²) in [6, 6.07) is 17.6. The quantitative estimate of drug-likeness (QED) is 0.114. The number of rotatable bonds is 10. The first-order valence-electron chi connectivity index (χ1n) is 17.7. The van der Waals surface area contributed by atoms with E-state index in [1.807, 2.05) is 23.1 Å². The Balaban J connectivity index is 0.00000310. The zero-order valence-electron chi connectivity index (χ0n) is 32.8. The van der Waals surface area contributed by atoms with Gasteiger partial charge in [0, 0.05) is 75.2 Å². The maximum atomic E-state index is 15.7. The summed E-state index contributed by atoms with van der Waals surface area (Å²) in [6.07, 6.45) is 3.77. The SMILES string of the molecule is COc1cc(C(=O)N2Cc3ccccc3C[C@H]2CN2CCOCC2)c(-c2cc(C(=O)N(c3ccc(OP(=O)([O-])[O-])cc3)c3cnn(C)c3)c(C)n2C)cc1F.[Na+].[Na+]. The predicted octanol–water partition coefficient (Wildman–Crippen LogP) is -2.02. The third kappa shape index (κ3) is 9.77. The molecule has 2 aliphatic heterocycles. The fourth-order valence-corrected chi connectivity index (χ4v) is 7.69. The minimum atomic E-state index is -5.31. The number of hydrogen-bond donors (Lipinski definition) is 0. The van der Waals surface area contributed by atoms with Crippen LogP contribution in [-0.4, -0.2) is 82.0 Å². The number of carbonyl (C=O) groups is 2. The third-order valence-electron chi connectivity index (χ3n) is 10.2. The molecule has 1 atom stereocenters. The molecular weight excluding hydrogens is 776 g/mol. The summed E-state index contributed by atoms with van der Waals surface area (Å²) in [5.74, 6) is -1.75. The summed E-state index contributed by atoms with van der Waals surface area (Å²) < 4.78 is 45.6. The van der Waals surface area contributed by atoms with Gasteiger partial charge in [0.2, 0.25) is 0 Å². The Kier molecular flexibility index (Phi) is 14.7. The van der Waals surface area contributed by atoms with Gasteiger partial charge in [0.15, 0.2) is 11.6 Å². The maximum absolute atomic E-state index is 15.7. The molecule has 57 heavy (non-hydrogen) atoms. The van der Waals surface area contributed by atoms with E-state index in [0.717, 1.165) is 18.7 Å². The second-order valence-electron chi connectivity index (χ2n) is 13.6. The summed E-state index contributed by atoms with van der Waals surface area (Å²) in [5, 5.41) is 4.22. The number of anilines is 2. The van der Waals surface area contributed by atoms with Crippen LogP contribution in [0.1, 0.15) is 37.5 Å². The Bertz CT molecular complexity index is 2290.